The first-order valence-electron chi connectivity index (χ1n) is 10.5. The number of aliphatic hydroxyl groups is 1. The number of aliphatic hydroxyl groups excluding tert-OH is 1. The molecule has 0 saturated carbocycles. The molecule has 0 aromatic heterocycles. The van der Waals surface area contributed by atoms with Crippen molar-refractivity contribution in [3.05, 3.63) is 82.9 Å². The van der Waals surface area contributed by atoms with E-state index in [2.05, 4.69) is 11.7 Å². The number of hydrogen-bond acceptors (Lipinski definition) is 5. The number of benzene rings is 3. The first kappa shape index (κ1) is 23.4. The van der Waals surface area contributed by atoms with Crippen molar-refractivity contribution >= 4 is 23.6 Å². The third-order valence-corrected chi connectivity index (χ3v) is 5.61. The zero-order valence-corrected chi connectivity index (χ0v) is 18.3. The van der Waals surface area contributed by atoms with E-state index in [-0.39, 0.29) is 24.7 Å². The maximum Gasteiger partial charge on any atom is 0.416 e. The Morgan fingerprint density at radius 1 is 1.03 bits per heavy atom. The van der Waals surface area contributed by atoms with Crippen LogP contribution in [0.2, 0.25) is 0 Å². The third-order valence-electron chi connectivity index (χ3n) is 5.61. The van der Waals surface area contributed by atoms with Crippen LogP contribution in [0.1, 0.15) is 35.3 Å². The van der Waals surface area contributed by atoms with E-state index < -0.39 is 17.8 Å². The van der Waals surface area contributed by atoms with E-state index in [4.69, 9.17) is 14.6 Å². The highest BCUT2D eigenvalue weighted by Crippen LogP contribution is 2.50. The molecule has 34 heavy (non-hydrogen) atoms. The smallest absolute Gasteiger partial charge is 0.416 e. The summed E-state index contributed by atoms with van der Waals surface area (Å²) in [7, 11) is 0. The molecule has 3 aromatic carbocycles. The van der Waals surface area contributed by atoms with Gasteiger partial charge in [-0.25, -0.2) is 0 Å². The lowest BCUT2D eigenvalue weighted by atomic mass is 9.85. The normalized spacial score (nSPS) is 15.5. The summed E-state index contributed by atoms with van der Waals surface area (Å²) in [6.45, 7) is 5.41. The number of phenolic OH excluding ortho intramolecular Hbond substituents is 1. The van der Waals surface area contributed by atoms with Crippen molar-refractivity contribution in [3.63, 3.8) is 0 Å². The van der Waals surface area contributed by atoms with Crippen molar-refractivity contribution in [2.45, 2.75) is 19.2 Å². The summed E-state index contributed by atoms with van der Waals surface area (Å²) in [5, 5.41) is 18.9. The van der Waals surface area contributed by atoms with E-state index in [9.17, 15) is 18.3 Å². The topological polar surface area (TPSA) is 71.3 Å². The highest BCUT2D eigenvalue weighted by atomic mass is 19.4. The Morgan fingerprint density at radius 2 is 1.74 bits per heavy atom. The summed E-state index contributed by atoms with van der Waals surface area (Å²) in [4.78, 5) is 4.03. The minimum Gasteiger partial charge on any atom is -0.508 e. The van der Waals surface area contributed by atoms with Crippen molar-refractivity contribution in [2.75, 3.05) is 13.2 Å². The van der Waals surface area contributed by atoms with Gasteiger partial charge in [0, 0.05) is 22.8 Å². The average Bonchev–Trinajstić information content (AvgIpc) is 2.82. The summed E-state index contributed by atoms with van der Waals surface area (Å²) >= 11 is 0. The summed E-state index contributed by atoms with van der Waals surface area (Å²) in [5.41, 5.74) is 2.88. The zero-order chi connectivity index (χ0) is 24.5. The van der Waals surface area contributed by atoms with Gasteiger partial charge in [-0.1, -0.05) is 18.2 Å². The first-order valence-corrected chi connectivity index (χ1v) is 10.5. The number of phenols is 1. The molecule has 1 atom stereocenters. The van der Waals surface area contributed by atoms with Crippen molar-refractivity contribution in [3.8, 4) is 17.2 Å². The lowest BCUT2D eigenvalue weighted by molar-refractivity contribution is -0.137. The van der Waals surface area contributed by atoms with Crippen LogP contribution in [0.3, 0.4) is 0 Å². The molecule has 8 heteroatoms. The van der Waals surface area contributed by atoms with Gasteiger partial charge in [0.15, 0.2) is 0 Å². The van der Waals surface area contributed by atoms with Crippen LogP contribution < -0.4 is 9.47 Å². The van der Waals surface area contributed by atoms with Gasteiger partial charge >= 0.3 is 6.18 Å². The zero-order valence-electron chi connectivity index (χ0n) is 18.3. The Bertz CT molecular complexity index is 1250. The van der Waals surface area contributed by atoms with Gasteiger partial charge in [0.25, 0.3) is 0 Å². The fraction of sp³-hybridized carbons (Fsp3) is 0.192. The van der Waals surface area contributed by atoms with E-state index >= 15 is 0 Å². The maximum atomic E-state index is 13.4. The van der Waals surface area contributed by atoms with Gasteiger partial charge in [0.2, 0.25) is 0 Å². The fourth-order valence-corrected chi connectivity index (χ4v) is 3.99. The second-order valence-electron chi connectivity index (χ2n) is 7.75. The Balaban J connectivity index is 1.89. The molecule has 0 fully saturated rings. The van der Waals surface area contributed by atoms with E-state index in [0.717, 1.165) is 17.7 Å². The largest absolute Gasteiger partial charge is 0.508 e. The summed E-state index contributed by atoms with van der Waals surface area (Å²) in [5.74, 6) is 0.667. The van der Waals surface area contributed by atoms with Crippen molar-refractivity contribution in [2.24, 2.45) is 4.99 Å². The maximum absolute atomic E-state index is 13.4. The molecule has 0 aliphatic carbocycles. The first-order chi connectivity index (χ1) is 16.2. The number of aromatic hydroxyl groups is 1. The highest BCUT2D eigenvalue weighted by molar-refractivity contribution is 5.98. The second kappa shape index (κ2) is 9.23. The predicted molar refractivity (Wildman–Crippen MR) is 124 cm³/mol. The van der Waals surface area contributed by atoms with Crippen molar-refractivity contribution in [1.29, 1.82) is 0 Å². The molecule has 0 bridgehead atoms. The van der Waals surface area contributed by atoms with Gasteiger partial charge in [-0.3, -0.25) is 4.99 Å². The number of rotatable bonds is 6. The number of aliphatic imine (C=N–C) groups is 1. The molecule has 0 saturated heterocycles. The minimum absolute atomic E-state index is 0.0123. The number of ether oxygens (including phenoxy) is 2. The molecule has 1 aliphatic heterocycles. The van der Waals surface area contributed by atoms with Crippen LogP contribution in [0, 0.1) is 0 Å². The summed E-state index contributed by atoms with van der Waals surface area (Å²) in [6.07, 6.45) is -5.26. The second-order valence-corrected chi connectivity index (χ2v) is 7.75. The Kier molecular flexibility index (Phi) is 6.34. The number of allylic oxidation sites excluding steroid dienone is 1. The monoisotopic (exact) mass is 469 g/mol. The lowest BCUT2D eigenvalue weighted by Crippen LogP contribution is -2.17. The number of alkyl halides is 3. The van der Waals surface area contributed by atoms with Gasteiger partial charge in [-0.15, -0.1) is 0 Å². The van der Waals surface area contributed by atoms with Crippen LogP contribution in [-0.4, -0.2) is 30.1 Å². The quantitative estimate of drug-likeness (QED) is 0.423. The van der Waals surface area contributed by atoms with Crippen LogP contribution in [0.25, 0.3) is 11.1 Å². The standard InChI is InChI=1S/C26H22F3NO4/c1-15-20-9-5-17(26(27,28)29)13-23(20)34-25(16-3-7-19(8-4-16)33-12-11-31)24(15)21-10-6-18(32)14-22(21)30-2/h3-10,13-14,25,31-32H,2,11-12H2,1H3/t25-/m1/s1. The molecular formula is C26H22F3NO4. The molecule has 0 unspecified atom stereocenters. The summed E-state index contributed by atoms with van der Waals surface area (Å²) in [6, 6.07) is 15.0. The molecule has 1 heterocycles. The molecule has 0 radical (unpaired) electrons. The van der Waals surface area contributed by atoms with Crippen LogP contribution in [0.15, 0.2) is 65.7 Å². The molecule has 5 nitrogen and oxygen atoms in total. The Hall–Kier alpha value is -3.78. The number of hydrogen-bond donors (Lipinski definition) is 2. The Morgan fingerprint density at radius 3 is 2.38 bits per heavy atom. The number of fused-ring (bicyclic) bond motifs is 1. The van der Waals surface area contributed by atoms with E-state index in [1.54, 1.807) is 30.3 Å². The molecule has 4 rings (SSSR count). The Labute approximate surface area is 194 Å². The van der Waals surface area contributed by atoms with Gasteiger partial charge in [-0.2, -0.15) is 13.2 Å². The third kappa shape index (κ3) is 4.49. The molecule has 176 valence electrons. The number of halogens is 3. The van der Waals surface area contributed by atoms with Crippen LogP contribution in [0.5, 0.6) is 17.2 Å². The van der Waals surface area contributed by atoms with E-state index in [1.165, 1.54) is 18.2 Å². The summed E-state index contributed by atoms with van der Waals surface area (Å²) < 4.78 is 51.7. The molecule has 0 amide bonds. The van der Waals surface area contributed by atoms with E-state index in [0.29, 0.717) is 33.7 Å². The lowest BCUT2D eigenvalue weighted by Gasteiger charge is -2.32. The van der Waals surface area contributed by atoms with Gasteiger partial charge in [0.05, 0.1) is 17.9 Å². The van der Waals surface area contributed by atoms with Crippen LogP contribution in [0.4, 0.5) is 18.9 Å². The van der Waals surface area contributed by atoms with Crippen LogP contribution in [-0.2, 0) is 6.18 Å². The SMILES string of the molecule is C=Nc1cc(O)ccc1C1=C(C)c2ccc(C(F)(F)F)cc2O[C@@H]1c1ccc(OCCO)cc1. The van der Waals surface area contributed by atoms with Gasteiger partial charge in [-0.05, 0) is 61.2 Å². The minimum atomic E-state index is -4.51. The molecular weight excluding hydrogens is 447 g/mol. The predicted octanol–water partition coefficient (Wildman–Crippen LogP) is 6.18. The van der Waals surface area contributed by atoms with E-state index in [1.807, 2.05) is 6.92 Å². The number of nitrogens with zero attached hydrogens (tertiary/aromatic N) is 1. The molecule has 2 N–H and O–H groups in total. The average molecular weight is 469 g/mol. The van der Waals surface area contributed by atoms with Gasteiger partial charge < -0.3 is 19.7 Å². The van der Waals surface area contributed by atoms with Crippen molar-refractivity contribution < 1.29 is 32.9 Å². The fourth-order valence-electron chi connectivity index (χ4n) is 3.99. The van der Waals surface area contributed by atoms with Gasteiger partial charge in [0.1, 0.15) is 30.0 Å². The van der Waals surface area contributed by atoms with Crippen LogP contribution >= 0.6 is 0 Å². The van der Waals surface area contributed by atoms with Crippen molar-refractivity contribution in [1.82, 2.24) is 0 Å². The molecule has 3 aromatic rings. The highest BCUT2D eigenvalue weighted by Gasteiger charge is 2.35. The molecule has 0 spiro atoms. The molecule has 1 aliphatic rings.